The number of hydrogen-bond donors (Lipinski definition) is 3. The maximum Gasteiger partial charge on any atom is 0.501 e. The molecule has 108 valence electrons. The first-order chi connectivity index (χ1) is 8.70. The lowest BCUT2D eigenvalue weighted by molar-refractivity contribution is -0.0435. The van der Waals surface area contributed by atoms with E-state index in [1.807, 2.05) is 0 Å². The van der Waals surface area contributed by atoms with Gasteiger partial charge in [-0.05, 0) is 12.1 Å². The highest BCUT2D eigenvalue weighted by Crippen LogP contribution is 2.34. The van der Waals surface area contributed by atoms with E-state index < -0.39 is 33.0 Å². The third kappa shape index (κ3) is 3.58. The maximum atomic E-state index is 12.5. The van der Waals surface area contributed by atoms with Crippen molar-refractivity contribution in [3.8, 4) is 0 Å². The summed E-state index contributed by atoms with van der Waals surface area (Å²) in [5.74, 6) is 0. The van der Waals surface area contributed by atoms with Crippen LogP contribution in [-0.4, -0.2) is 43.4 Å². The van der Waals surface area contributed by atoms with Crippen LogP contribution in [0, 0.1) is 0 Å². The molecule has 0 bridgehead atoms. The minimum absolute atomic E-state index is 0.277. The zero-order valence-electron chi connectivity index (χ0n) is 9.55. The summed E-state index contributed by atoms with van der Waals surface area (Å²) in [6.07, 6.45) is -1.21. The molecule has 0 fully saturated rings. The maximum absolute atomic E-state index is 12.5. The van der Waals surface area contributed by atoms with Crippen LogP contribution < -0.4 is 5.32 Å². The molecule has 0 saturated carbocycles. The Hall–Kier alpha value is -1.32. The summed E-state index contributed by atoms with van der Waals surface area (Å²) in [5, 5.41) is 20.0. The molecule has 0 heterocycles. The highest BCUT2D eigenvalue weighted by molar-refractivity contribution is 7.92. The van der Waals surface area contributed by atoms with E-state index in [9.17, 15) is 21.6 Å². The monoisotopic (exact) mass is 299 g/mol. The average Bonchev–Trinajstić information content (AvgIpc) is 2.34. The lowest BCUT2D eigenvalue weighted by atomic mass is 10.3. The predicted octanol–water partition coefficient (Wildman–Crippen LogP) is 0.745. The number of halogens is 3. The molecular weight excluding hydrogens is 287 g/mol. The topological polar surface area (TPSA) is 86.6 Å². The van der Waals surface area contributed by atoms with Gasteiger partial charge < -0.3 is 15.5 Å². The first kappa shape index (κ1) is 15.7. The molecule has 0 amide bonds. The second kappa shape index (κ2) is 5.76. The summed E-state index contributed by atoms with van der Waals surface area (Å²) < 4.78 is 60.0. The Labute approximate surface area is 107 Å². The van der Waals surface area contributed by atoms with E-state index >= 15 is 0 Å². The van der Waals surface area contributed by atoms with E-state index in [1.165, 1.54) is 6.07 Å². The van der Waals surface area contributed by atoms with Gasteiger partial charge in [0.2, 0.25) is 0 Å². The first-order valence-corrected chi connectivity index (χ1v) is 6.61. The van der Waals surface area contributed by atoms with Crippen molar-refractivity contribution in [1.82, 2.24) is 0 Å². The molecule has 1 aromatic rings. The Morgan fingerprint density at radius 3 is 2.37 bits per heavy atom. The van der Waals surface area contributed by atoms with Gasteiger partial charge in [-0.1, -0.05) is 12.1 Å². The van der Waals surface area contributed by atoms with Crippen LogP contribution in [-0.2, 0) is 9.84 Å². The largest absolute Gasteiger partial charge is 0.501 e. The third-order valence-corrected chi connectivity index (χ3v) is 3.76. The quantitative estimate of drug-likeness (QED) is 0.747. The molecule has 1 rings (SSSR count). The highest BCUT2D eigenvalue weighted by atomic mass is 32.2. The first-order valence-electron chi connectivity index (χ1n) is 5.13. The number of para-hydroxylation sites is 1. The summed E-state index contributed by atoms with van der Waals surface area (Å²) in [6, 6.07) is 4.47. The van der Waals surface area contributed by atoms with E-state index in [0.29, 0.717) is 0 Å². The number of benzene rings is 1. The summed E-state index contributed by atoms with van der Waals surface area (Å²) in [7, 11) is -5.47. The normalized spacial score (nSPS) is 14.2. The van der Waals surface area contributed by atoms with Crippen molar-refractivity contribution >= 4 is 15.5 Å². The number of nitrogens with one attached hydrogen (secondary N) is 1. The minimum Gasteiger partial charge on any atom is -0.394 e. The Balaban J connectivity index is 3.10. The Morgan fingerprint density at radius 2 is 1.84 bits per heavy atom. The number of aliphatic hydroxyl groups excluding tert-OH is 2. The summed E-state index contributed by atoms with van der Waals surface area (Å²) in [4.78, 5) is -0.923. The molecule has 5 nitrogen and oxygen atoms in total. The van der Waals surface area contributed by atoms with Gasteiger partial charge in [0.15, 0.2) is 0 Å². The van der Waals surface area contributed by atoms with Crippen molar-refractivity contribution < 1.29 is 31.8 Å². The number of alkyl halides is 3. The Bertz CT molecular complexity index is 530. The predicted molar refractivity (Wildman–Crippen MR) is 61.3 cm³/mol. The van der Waals surface area contributed by atoms with Gasteiger partial charge in [0.1, 0.15) is 0 Å². The summed E-state index contributed by atoms with van der Waals surface area (Å²) in [5.41, 5.74) is -5.69. The number of sulfone groups is 1. The molecule has 0 saturated heterocycles. The molecule has 0 aliphatic rings. The van der Waals surface area contributed by atoms with Crippen molar-refractivity contribution in [1.29, 1.82) is 0 Å². The molecule has 1 aromatic carbocycles. The van der Waals surface area contributed by atoms with Gasteiger partial charge in [-0.3, -0.25) is 0 Å². The van der Waals surface area contributed by atoms with Crippen LogP contribution in [0.2, 0.25) is 0 Å². The van der Waals surface area contributed by atoms with E-state index in [1.54, 1.807) is 0 Å². The van der Waals surface area contributed by atoms with Crippen LogP contribution in [0.4, 0.5) is 18.9 Å². The standard InChI is InChI=1S/C10H12F3NO4S/c11-10(12,13)19(17,18)9-4-2-1-3-8(9)14-5-7(16)6-15/h1-4,7,14-16H,5-6H2. The van der Waals surface area contributed by atoms with Gasteiger partial charge in [-0.15, -0.1) is 0 Å². The molecular formula is C10H12F3NO4S. The van der Waals surface area contributed by atoms with Gasteiger partial charge >= 0.3 is 5.51 Å². The van der Waals surface area contributed by atoms with E-state index in [-0.39, 0.29) is 12.2 Å². The molecule has 9 heteroatoms. The molecule has 1 unspecified atom stereocenters. The summed E-state index contributed by atoms with van der Waals surface area (Å²) >= 11 is 0. The number of hydrogen-bond acceptors (Lipinski definition) is 5. The van der Waals surface area contributed by atoms with E-state index in [4.69, 9.17) is 10.2 Å². The van der Waals surface area contributed by atoms with Crippen LogP contribution in [0.15, 0.2) is 29.2 Å². The molecule has 0 aliphatic carbocycles. The lowest BCUT2D eigenvalue weighted by Gasteiger charge is -2.15. The lowest BCUT2D eigenvalue weighted by Crippen LogP contribution is -2.26. The number of rotatable bonds is 5. The van der Waals surface area contributed by atoms with Gasteiger partial charge in [-0.2, -0.15) is 13.2 Å². The smallest absolute Gasteiger partial charge is 0.394 e. The van der Waals surface area contributed by atoms with Crippen LogP contribution in [0.1, 0.15) is 0 Å². The molecule has 0 spiro atoms. The van der Waals surface area contributed by atoms with Crippen molar-refractivity contribution in [2.45, 2.75) is 16.5 Å². The molecule has 0 aromatic heterocycles. The van der Waals surface area contributed by atoms with Gasteiger partial charge in [0.25, 0.3) is 9.84 Å². The van der Waals surface area contributed by atoms with E-state index in [0.717, 1.165) is 18.2 Å². The highest BCUT2D eigenvalue weighted by Gasteiger charge is 2.47. The van der Waals surface area contributed by atoms with E-state index in [2.05, 4.69) is 5.32 Å². The molecule has 1 atom stereocenters. The second-order valence-electron chi connectivity index (χ2n) is 3.66. The third-order valence-electron chi connectivity index (χ3n) is 2.22. The fourth-order valence-electron chi connectivity index (χ4n) is 1.26. The summed E-state index contributed by atoms with van der Waals surface area (Å²) in [6.45, 7) is -0.873. The fourth-order valence-corrected chi connectivity index (χ4v) is 2.20. The fraction of sp³-hybridized carbons (Fsp3) is 0.400. The van der Waals surface area contributed by atoms with Crippen molar-refractivity contribution in [3.05, 3.63) is 24.3 Å². The number of anilines is 1. The average molecular weight is 299 g/mol. The van der Waals surface area contributed by atoms with Crippen molar-refractivity contribution in [3.63, 3.8) is 0 Å². The second-order valence-corrected chi connectivity index (χ2v) is 5.57. The molecule has 19 heavy (non-hydrogen) atoms. The zero-order chi connectivity index (χ0) is 14.7. The SMILES string of the molecule is O=S(=O)(c1ccccc1NCC(O)CO)C(F)(F)F. The zero-order valence-corrected chi connectivity index (χ0v) is 10.4. The van der Waals surface area contributed by atoms with Gasteiger partial charge in [0, 0.05) is 6.54 Å². The van der Waals surface area contributed by atoms with Crippen LogP contribution >= 0.6 is 0 Å². The van der Waals surface area contributed by atoms with Crippen LogP contribution in [0.3, 0.4) is 0 Å². The Morgan fingerprint density at radius 1 is 1.26 bits per heavy atom. The minimum atomic E-state index is -5.47. The number of aliphatic hydroxyl groups is 2. The molecule has 0 radical (unpaired) electrons. The van der Waals surface area contributed by atoms with Crippen molar-refractivity contribution in [2.75, 3.05) is 18.5 Å². The van der Waals surface area contributed by atoms with Crippen molar-refractivity contribution in [2.24, 2.45) is 0 Å². The Kier molecular flexibility index (Phi) is 4.77. The van der Waals surface area contributed by atoms with Gasteiger partial charge in [-0.25, -0.2) is 8.42 Å². The van der Waals surface area contributed by atoms with Gasteiger partial charge in [0.05, 0.1) is 23.3 Å². The molecule has 3 N–H and O–H groups in total. The molecule has 0 aliphatic heterocycles. The van der Waals surface area contributed by atoms with Crippen LogP contribution in [0.5, 0.6) is 0 Å². The van der Waals surface area contributed by atoms with Crippen LogP contribution in [0.25, 0.3) is 0 Å².